The van der Waals surface area contributed by atoms with Crippen LogP contribution in [0, 0.1) is 11.8 Å². The third-order valence-corrected chi connectivity index (χ3v) is 7.44. The van der Waals surface area contributed by atoms with Crippen molar-refractivity contribution in [3.05, 3.63) is 29.8 Å². The molecule has 2 aromatic carbocycles. The van der Waals surface area contributed by atoms with Gasteiger partial charge in [-0.2, -0.15) is 0 Å². The standard InChI is InChI=1S/C25H28O8/c1-24(31-10-11-32-24)25-9-8-14(17(13-25)23(27)33-25)21(26)16-12-19(29-3)20-15(22(16)30-4)6-5-7-18(20)28-2/h5-7,12,14,17H,8-11,13H2,1-4H3. The summed E-state index contributed by atoms with van der Waals surface area (Å²) in [5.74, 6) is -1.05. The third-order valence-electron chi connectivity index (χ3n) is 7.44. The molecule has 8 heteroatoms. The number of hydrogen-bond donors (Lipinski definition) is 0. The molecule has 3 unspecified atom stereocenters. The van der Waals surface area contributed by atoms with E-state index in [0.29, 0.717) is 60.7 Å². The number of Topliss-reactive ketones (excluding diaryl/α,β-unsaturated/α-hetero) is 1. The van der Waals surface area contributed by atoms with Crippen LogP contribution >= 0.6 is 0 Å². The van der Waals surface area contributed by atoms with Crippen molar-refractivity contribution >= 4 is 22.5 Å². The van der Waals surface area contributed by atoms with E-state index in [-0.39, 0.29) is 11.8 Å². The molecular formula is C25H28O8. The molecule has 2 bridgehead atoms. The van der Waals surface area contributed by atoms with Crippen LogP contribution in [0.2, 0.25) is 0 Å². The minimum Gasteiger partial charge on any atom is -0.496 e. The Morgan fingerprint density at radius 3 is 2.45 bits per heavy atom. The van der Waals surface area contributed by atoms with Crippen molar-refractivity contribution in [1.82, 2.24) is 0 Å². The number of methoxy groups -OCH3 is 3. The van der Waals surface area contributed by atoms with Crippen molar-refractivity contribution in [3.8, 4) is 17.2 Å². The van der Waals surface area contributed by atoms with Gasteiger partial charge in [-0.05, 0) is 31.9 Å². The first-order valence-electron chi connectivity index (χ1n) is 11.1. The predicted octanol–water partition coefficient (Wildman–Crippen LogP) is 3.52. The Labute approximate surface area is 192 Å². The molecule has 1 saturated carbocycles. The van der Waals surface area contributed by atoms with E-state index in [1.165, 1.54) is 7.11 Å². The van der Waals surface area contributed by atoms with E-state index in [4.69, 9.17) is 28.4 Å². The third kappa shape index (κ3) is 3.11. The van der Waals surface area contributed by atoms with Crippen LogP contribution in [0.15, 0.2) is 24.3 Å². The van der Waals surface area contributed by atoms with Gasteiger partial charge in [0.15, 0.2) is 11.4 Å². The quantitative estimate of drug-likeness (QED) is 0.482. The SMILES string of the molecule is COc1c(C(=O)C2CCC3(C4(C)OCCO4)CC2C(=O)O3)cc(OC)c2c(OC)cccc12. The molecular weight excluding hydrogens is 428 g/mol. The first-order valence-corrected chi connectivity index (χ1v) is 11.1. The van der Waals surface area contributed by atoms with Crippen LogP contribution in [-0.2, 0) is 19.0 Å². The maximum absolute atomic E-state index is 13.8. The van der Waals surface area contributed by atoms with Gasteiger partial charge in [-0.15, -0.1) is 0 Å². The molecule has 0 N–H and O–H groups in total. The van der Waals surface area contributed by atoms with Crippen LogP contribution in [0.5, 0.6) is 17.2 Å². The van der Waals surface area contributed by atoms with Gasteiger partial charge >= 0.3 is 5.97 Å². The molecule has 2 aromatic rings. The first kappa shape index (κ1) is 22.0. The number of benzene rings is 2. The lowest BCUT2D eigenvalue weighted by molar-refractivity contribution is -0.261. The highest BCUT2D eigenvalue weighted by atomic mass is 16.8. The summed E-state index contributed by atoms with van der Waals surface area (Å²) < 4.78 is 34.4. The van der Waals surface area contributed by atoms with Gasteiger partial charge in [-0.1, -0.05) is 12.1 Å². The molecule has 2 aliphatic heterocycles. The van der Waals surface area contributed by atoms with Gasteiger partial charge in [0.25, 0.3) is 0 Å². The maximum atomic E-state index is 13.8. The van der Waals surface area contributed by atoms with Crippen LogP contribution in [-0.4, -0.2) is 57.7 Å². The molecule has 0 aromatic heterocycles. The monoisotopic (exact) mass is 456 g/mol. The topological polar surface area (TPSA) is 89.5 Å². The molecule has 3 aliphatic rings. The molecule has 33 heavy (non-hydrogen) atoms. The number of rotatable bonds is 6. The van der Waals surface area contributed by atoms with E-state index in [9.17, 15) is 9.59 Å². The van der Waals surface area contributed by atoms with E-state index in [0.717, 1.165) is 5.39 Å². The minimum atomic E-state index is -0.980. The number of ether oxygens (including phenoxy) is 6. The van der Waals surface area contributed by atoms with Gasteiger partial charge < -0.3 is 28.4 Å². The summed E-state index contributed by atoms with van der Waals surface area (Å²) in [5, 5.41) is 1.43. The van der Waals surface area contributed by atoms with Crippen LogP contribution in [0.3, 0.4) is 0 Å². The van der Waals surface area contributed by atoms with Crippen molar-refractivity contribution in [2.24, 2.45) is 11.8 Å². The first-order chi connectivity index (χ1) is 15.9. The molecule has 2 heterocycles. The molecule has 0 radical (unpaired) electrons. The molecule has 3 fully saturated rings. The van der Waals surface area contributed by atoms with Crippen molar-refractivity contribution in [2.75, 3.05) is 34.5 Å². The second kappa shape index (κ2) is 7.88. The van der Waals surface area contributed by atoms with Crippen molar-refractivity contribution in [2.45, 2.75) is 37.6 Å². The fourth-order valence-electron chi connectivity index (χ4n) is 5.72. The van der Waals surface area contributed by atoms with E-state index in [1.807, 2.05) is 25.1 Å². The molecule has 0 amide bonds. The Kier molecular flexibility index (Phi) is 5.25. The van der Waals surface area contributed by atoms with Crippen LogP contribution < -0.4 is 14.2 Å². The molecule has 0 spiro atoms. The molecule has 5 rings (SSSR count). The lowest BCUT2D eigenvalue weighted by atomic mass is 9.68. The average molecular weight is 456 g/mol. The van der Waals surface area contributed by atoms with E-state index in [2.05, 4.69) is 0 Å². The Bertz CT molecular complexity index is 1120. The number of carbonyl (C=O) groups is 2. The molecule has 2 saturated heterocycles. The summed E-state index contributed by atoms with van der Waals surface area (Å²) in [5.41, 5.74) is -0.479. The van der Waals surface area contributed by atoms with E-state index in [1.54, 1.807) is 20.3 Å². The van der Waals surface area contributed by atoms with Crippen molar-refractivity contribution in [1.29, 1.82) is 0 Å². The molecule has 176 valence electrons. The Morgan fingerprint density at radius 2 is 1.79 bits per heavy atom. The summed E-state index contributed by atoms with van der Waals surface area (Å²) in [6.45, 7) is 2.74. The van der Waals surface area contributed by atoms with Crippen LogP contribution in [0.4, 0.5) is 0 Å². The Balaban J connectivity index is 1.54. The summed E-state index contributed by atoms with van der Waals surface area (Å²) in [4.78, 5) is 26.8. The van der Waals surface area contributed by atoms with Gasteiger partial charge in [0.05, 0.1) is 51.4 Å². The zero-order valence-electron chi connectivity index (χ0n) is 19.3. The predicted molar refractivity (Wildman–Crippen MR) is 118 cm³/mol. The van der Waals surface area contributed by atoms with Gasteiger partial charge in [-0.25, -0.2) is 0 Å². The van der Waals surface area contributed by atoms with Gasteiger partial charge in [0.1, 0.15) is 17.2 Å². The lowest BCUT2D eigenvalue weighted by Gasteiger charge is -2.42. The molecule has 8 nitrogen and oxygen atoms in total. The Hall–Kier alpha value is -2.84. The highest BCUT2D eigenvalue weighted by Crippen LogP contribution is 2.54. The Morgan fingerprint density at radius 1 is 1.06 bits per heavy atom. The fourth-order valence-corrected chi connectivity index (χ4v) is 5.72. The number of hydrogen-bond acceptors (Lipinski definition) is 8. The van der Waals surface area contributed by atoms with Crippen LogP contribution in [0.25, 0.3) is 10.8 Å². The van der Waals surface area contributed by atoms with Crippen LogP contribution in [0.1, 0.15) is 36.5 Å². The number of esters is 1. The fraction of sp³-hybridized carbons (Fsp3) is 0.520. The molecule has 1 aliphatic carbocycles. The summed E-state index contributed by atoms with van der Waals surface area (Å²) in [7, 11) is 4.66. The second-order valence-corrected chi connectivity index (χ2v) is 8.92. The highest BCUT2D eigenvalue weighted by Gasteiger charge is 2.65. The average Bonchev–Trinajstić information content (AvgIpc) is 3.40. The van der Waals surface area contributed by atoms with Crippen molar-refractivity contribution in [3.63, 3.8) is 0 Å². The zero-order chi connectivity index (χ0) is 23.4. The number of ketones is 1. The lowest BCUT2D eigenvalue weighted by Crippen LogP contribution is -2.54. The van der Waals surface area contributed by atoms with E-state index >= 15 is 0 Å². The summed E-state index contributed by atoms with van der Waals surface area (Å²) >= 11 is 0. The minimum absolute atomic E-state index is 0.161. The highest BCUT2D eigenvalue weighted by molar-refractivity contribution is 6.10. The molecule has 3 atom stereocenters. The summed E-state index contributed by atoms with van der Waals surface area (Å²) in [6, 6.07) is 7.21. The largest absolute Gasteiger partial charge is 0.496 e. The number of carbonyl (C=O) groups excluding carboxylic acids is 2. The summed E-state index contributed by atoms with van der Waals surface area (Å²) in [6.07, 6.45) is 1.36. The normalized spacial score (nSPS) is 27.9. The number of fused-ring (bicyclic) bond motifs is 3. The maximum Gasteiger partial charge on any atom is 0.310 e. The van der Waals surface area contributed by atoms with Gasteiger partial charge in [0, 0.05) is 17.7 Å². The van der Waals surface area contributed by atoms with Crippen molar-refractivity contribution < 1.29 is 38.0 Å². The smallest absolute Gasteiger partial charge is 0.310 e. The van der Waals surface area contributed by atoms with Gasteiger partial charge in [-0.3, -0.25) is 9.59 Å². The zero-order valence-corrected chi connectivity index (χ0v) is 19.3. The van der Waals surface area contributed by atoms with E-state index < -0.39 is 23.2 Å². The van der Waals surface area contributed by atoms with Gasteiger partial charge in [0.2, 0.25) is 5.79 Å². The second-order valence-electron chi connectivity index (χ2n) is 8.92.